The molecule has 0 saturated carbocycles. The summed E-state index contributed by atoms with van der Waals surface area (Å²) in [7, 11) is 0. The van der Waals surface area contributed by atoms with Crippen LogP contribution in [0.25, 0.3) is 0 Å². The summed E-state index contributed by atoms with van der Waals surface area (Å²) in [6.45, 7) is -0.0817. The molecule has 0 bridgehead atoms. The van der Waals surface area contributed by atoms with E-state index in [1.165, 1.54) is 6.07 Å². The van der Waals surface area contributed by atoms with Crippen molar-refractivity contribution in [2.45, 2.75) is 20.0 Å². The standard InChI is InChI=1S/C14H16F2N4O/c1-2-8-17-14-18-9-7-12(20-14)19-10-5-3-4-6-11(10)21-13(15)16/h3-7,9,13H,2,8H2,1H3,(H2,17,18,19,20). The Balaban J connectivity index is 2.14. The van der Waals surface area contributed by atoms with E-state index in [9.17, 15) is 8.78 Å². The predicted octanol–water partition coefficient (Wildman–Crippen LogP) is 3.64. The zero-order valence-electron chi connectivity index (χ0n) is 11.5. The summed E-state index contributed by atoms with van der Waals surface area (Å²) in [5, 5.41) is 6.00. The van der Waals surface area contributed by atoms with E-state index in [1.807, 2.05) is 6.92 Å². The molecular weight excluding hydrogens is 278 g/mol. The summed E-state index contributed by atoms with van der Waals surface area (Å²) in [6.07, 6.45) is 2.54. The lowest BCUT2D eigenvalue weighted by atomic mass is 10.3. The van der Waals surface area contributed by atoms with Crippen molar-refractivity contribution in [2.75, 3.05) is 17.2 Å². The van der Waals surface area contributed by atoms with Gasteiger partial charge >= 0.3 is 6.61 Å². The molecule has 112 valence electrons. The van der Waals surface area contributed by atoms with E-state index >= 15 is 0 Å². The number of hydrogen-bond acceptors (Lipinski definition) is 5. The molecule has 0 aliphatic rings. The molecule has 2 rings (SSSR count). The Morgan fingerprint density at radius 3 is 2.81 bits per heavy atom. The number of nitrogens with one attached hydrogen (secondary N) is 2. The molecule has 1 heterocycles. The van der Waals surface area contributed by atoms with Gasteiger partial charge in [0.1, 0.15) is 11.6 Å². The van der Waals surface area contributed by atoms with Crippen LogP contribution in [0.5, 0.6) is 5.75 Å². The van der Waals surface area contributed by atoms with Crippen molar-refractivity contribution in [3.8, 4) is 5.75 Å². The number of anilines is 3. The number of rotatable bonds is 7. The molecule has 0 unspecified atom stereocenters. The van der Waals surface area contributed by atoms with Gasteiger partial charge in [0.2, 0.25) is 5.95 Å². The number of nitrogens with zero attached hydrogens (tertiary/aromatic N) is 2. The van der Waals surface area contributed by atoms with Gasteiger partial charge in [0.05, 0.1) is 5.69 Å². The molecule has 0 aliphatic heterocycles. The second-order valence-electron chi connectivity index (χ2n) is 4.19. The second kappa shape index (κ2) is 7.37. The zero-order chi connectivity index (χ0) is 15.1. The first-order valence-electron chi connectivity index (χ1n) is 6.57. The third-order valence-corrected chi connectivity index (χ3v) is 2.55. The van der Waals surface area contributed by atoms with Crippen LogP contribution in [0.2, 0.25) is 0 Å². The Morgan fingerprint density at radius 2 is 2.05 bits per heavy atom. The summed E-state index contributed by atoms with van der Waals surface area (Å²) in [5.41, 5.74) is 0.415. The molecule has 7 heteroatoms. The van der Waals surface area contributed by atoms with Crippen LogP contribution >= 0.6 is 0 Å². The first kappa shape index (κ1) is 15.0. The second-order valence-corrected chi connectivity index (χ2v) is 4.19. The summed E-state index contributed by atoms with van der Waals surface area (Å²) in [4.78, 5) is 8.33. The SMILES string of the molecule is CCCNc1nccc(Nc2ccccc2OC(F)F)n1. The Labute approximate surface area is 121 Å². The third-order valence-electron chi connectivity index (χ3n) is 2.55. The van der Waals surface area contributed by atoms with Crippen LogP contribution < -0.4 is 15.4 Å². The third kappa shape index (κ3) is 4.55. The first-order valence-corrected chi connectivity index (χ1v) is 6.57. The number of aromatic nitrogens is 2. The van der Waals surface area contributed by atoms with Crippen LogP contribution in [0.15, 0.2) is 36.5 Å². The molecule has 2 N–H and O–H groups in total. The minimum absolute atomic E-state index is 0.0641. The molecule has 0 spiro atoms. The van der Waals surface area contributed by atoms with Gasteiger partial charge in [-0.1, -0.05) is 19.1 Å². The maximum absolute atomic E-state index is 12.4. The van der Waals surface area contributed by atoms with E-state index in [4.69, 9.17) is 0 Å². The average molecular weight is 294 g/mol. The van der Waals surface area contributed by atoms with Gasteiger partial charge in [-0.05, 0) is 24.6 Å². The lowest BCUT2D eigenvalue weighted by Gasteiger charge is -2.12. The molecular formula is C14H16F2N4O. The van der Waals surface area contributed by atoms with Gasteiger partial charge in [-0.25, -0.2) is 4.98 Å². The van der Waals surface area contributed by atoms with Crippen molar-refractivity contribution in [1.82, 2.24) is 9.97 Å². The zero-order valence-corrected chi connectivity index (χ0v) is 11.5. The summed E-state index contributed by atoms with van der Waals surface area (Å²) in [6, 6.07) is 8.09. The molecule has 0 saturated heterocycles. The van der Waals surface area contributed by atoms with Gasteiger partial charge in [0.15, 0.2) is 0 Å². The fraction of sp³-hybridized carbons (Fsp3) is 0.286. The molecule has 0 aliphatic carbocycles. The Kier molecular flexibility index (Phi) is 5.25. The molecule has 0 radical (unpaired) electrons. The number of ether oxygens (including phenoxy) is 1. The predicted molar refractivity (Wildman–Crippen MR) is 77.2 cm³/mol. The molecule has 0 amide bonds. The Bertz CT molecular complexity index is 580. The van der Waals surface area contributed by atoms with E-state index in [1.54, 1.807) is 30.5 Å². The van der Waals surface area contributed by atoms with Crippen molar-refractivity contribution in [2.24, 2.45) is 0 Å². The molecule has 0 atom stereocenters. The molecule has 1 aromatic heterocycles. The highest BCUT2D eigenvalue weighted by atomic mass is 19.3. The highest BCUT2D eigenvalue weighted by molar-refractivity contribution is 5.64. The fourth-order valence-corrected chi connectivity index (χ4v) is 1.66. The molecule has 5 nitrogen and oxygen atoms in total. The Morgan fingerprint density at radius 1 is 1.24 bits per heavy atom. The topological polar surface area (TPSA) is 59.1 Å². The maximum Gasteiger partial charge on any atom is 0.387 e. The number of benzene rings is 1. The molecule has 2 aromatic rings. The smallest absolute Gasteiger partial charge is 0.387 e. The van der Waals surface area contributed by atoms with Gasteiger partial charge in [0.25, 0.3) is 0 Å². The van der Waals surface area contributed by atoms with Crippen LogP contribution in [-0.4, -0.2) is 23.1 Å². The van der Waals surface area contributed by atoms with Crippen molar-refractivity contribution < 1.29 is 13.5 Å². The van der Waals surface area contributed by atoms with Crippen molar-refractivity contribution >= 4 is 17.5 Å². The number of halogens is 2. The van der Waals surface area contributed by atoms with Crippen LogP contribution in [0.3, 0.4) is 0 Å². The van der Waals surface area contributed by atoms with Crippen molar-refractivity contribution in [1.29, 1.82) is 0 Å². The number of para-hydroxylation sites is 2. The van der Waals surface area contributed by atoms with Gasteiger partial charge in [-0.15, -0.1) is 0 Å². The normalized spacial score (nSPS) is 10.5. The van der Waals surface area contributed by atoms with Crippen molar-refractivity contribution in [3.05, 3.63) is 36.5 Å². The van der Waals surface area contributed by atoms with E-state index in [0.29, 0.717) is 17.5 Å². The number of hydrogen-bond donors (Lipinski definition) is 2. The van der Waals surface area contributed by atoms with Gasteiger partial charge < -0.3 is 15.4 Å². The average Bonchev–Trinajstić information content (AvgIpc) is 2.47. The minimum Gasteiger partial charge on any atom is -0.433 e. The summed E-state index contributed by atoms with van der Waals surface area (Å²) < 4.78 is 29.2. The van der Waals surface area contributed by atoms with E-state index < -0.39 is 6.61 Å². The largest absolute Gasteiger partial charge is 0.433 e. The quantitative estimate of drug-likeness (QED) is 0.816. The van der Waals surface area contributed by atoms with Gasteiger partial charge in [0, 0.05) is 12.7 Å². The van der Waals surface area contributed by atoms with E-state index in [2.05, 4.69) is 25.3 Å². The van der Waals surface area contributed by atoms with E-state index in [0.717, 1.165) is 13.0 Å². The van der Waals surface area contributed by atoms with Gasteiger partial charge in [-0.2, -0.15) is 13.8 Å². The lowest BCUT2D eigenvalue weighted by molar-refractivity contribution is -0.0493. The van der Waals surface area contributed by atoms with Crippen LogP contribution in [0, 0.1) is 0 Å². The minimum atomic E-state index is -2.87. The first-order chi connectivity index (χ1) is 10.2. The summed E-state index contributed by atoms with van der Waals surface area (Å²) in [5.74, 6) is 1.04. The Hall–Kier alpha value is -2.44. The van der Waals surface area contributed by atoms with Crippen LogP contribution in [0.1, 0.15) is 13.3 Å². The molecule has 21 heavy (non-hydrogen) atoms. The van der Waals surface area contributed by atoms with Crippen molar-refractivity contribution in [3.63, 3.8) is 0 Å². The number of alkyl halides is 2. The van der Waals surface area contributed by atoms with Crippen LogP contribution in [0.4, 0.5) is 26.2 Å². The fourth-order valence-electron chi connectivity index (χ4n) is 1.66. The molecule has 0 fully saturated rings. The molecule has 1 aromatic carbocycles. The van der Waals surface area contributed by atoms with E-state index in [-0.39, 0.29) is 5.75 Å². The lowest BCUT2D eigenvalue weighted by Crippen LogP contribution is -2.07. The van der Waals surface area contributed by atoms with Gasteiger partial charge in [-0.3, -0.25) is 0 Å². The summed E-state index contributed by atoms with van der Waals surface area (Å²) >= 11 is 0. The highest BCUT2D eigenvalue weighted by Crippen LogP contribution is 2.28. The highest BCUT2D eigenvalue weighted by Gasteiger charge is 2.09. The maximum atomic E-state index is 12.4. The monoisotopic (exact) mass is 294 g/mol. The van der Waals surface area contributed by atoms with Crippen LogP contribution in [-0.2, 0) is 0 Å².